The van der Waals surface area contributed by atoms with Crippen LogP contribution in [-0.2, 0) is 13.0 Å². The number of halogens is 1. The lowest BCUT2D eigenvalue weighted by Gasteiger charge is -2.28. The van der Waals surface area contributed by atoms with E-state index in [9.17, 15) is 0 Å². The highest BCUT2D eigenvalue weighted by Gasteiger charge is 2.21. The van der Waals surface area contributed by atoms with Crippen molar-refractivity contribution in [3.05, 3.63) is 28.3 Å². The Morgan fingerprint density at radius 3 is 2.80 bits per heavy atom. The largest absolute Gasteiger partial charge is 0.493 e. The Balaban J connectivity index is 1.59. The van der Waals surface area contributed by atoms with Crippen LogP contribution in [0.3, 0.4) is 0 Å². The Morgan fingerprint density at radius 2 is 2.05 bits per heavy atom. The third kappa shape index (κ3) is 3.12. The van der Waals surface area contributed by atoms with E-state index in [1.807, 2.05) is 6.07 Å². The Hall–Kier alpha value is -0.730. The number of rotatable bonds is 4. The molecule has 2 nitrogen and oxygen atoms in total. The SMILES string of the molecule is CCC1CCC(NCc2cc(Cl)cc3c2OCC3)CC1. The standard InChI is InChI=1S/C17H24ClNO/c1-2-12-3-5-16(6-4-12)19-11-14-10-15(18)9-13-7-8-20-17(13)14/h9-10,12,16,19H,2-8,11H2,1H3. The minimum atomic E-state index is 0.661. The Bertz CT molecular complexity index is 466. The Labute approximate surface area is 126 Å². The van der Waals surface area contributed by atoms with Gasteiger partial charge in [-0.25, -0.2) is 0 Å². The zero-order valence-corrected chi connectivity index (χ0v) is 13.0. The quantitative estimate of drug-likeness (QED) is 0.892. The molecular formula is C17H24ClNO. The number of hydrogen-bond donors (Lipinski definition) is 1. The van der Waals surface area contributed by atoms with Crippen molar-refractivity contribution in [3.8, 4) is 5.75 Å². The molecule has 3 rings (SSSR count). The third-order valence-corrected chi connectivity index (χ3v) is 5.05. The third-order valence-electron chi connectivity index (χ3n) is 4.83. The number of benzene rings is 1. The van der Waals surface area contributed by atoms with Gasteiger partial charge in [-0.05, 0) is 49.3 Å². The van der Waals surface area contributed by atoms with Crippen molar-refractivity contribution >= 4 is 11.6 Å². The van der Waals surface area contributed by atoms with Crippen molar-refractivity contribution in [3.63, 3.8) is 0 Å². The van der Waals surface area contributed by atoms with Gasteiger partial charge in [0.15, 0.2) is 0 Å². The molecule has 1 fully saturated rings. The molecule has 1 N–H and O–H groups in total. The van der Waals surface area contributed by atoms with Crippen molar-refractivity contribution in [2.24, 2.45) is 5.92 Å². The molecule has 1 heterocycles. The molecular weight excluding hydrogens is 270 g/mol. The monoisotopic (exact) mass is 293 g/mol. The lowest BCUT2D eigenvalue weighted by Crippen LogP contribution is -2.32. The summed E-state index contributed by atoms with van der Waals surface area (Å²) >= 11 is 6.20. The highest BCUT2D eigenvalue weighted by molar-refractivity contribution is 6.30. The molecule has 1 aliphatic heterocycles. The van der Waals surface area contributed by atoms with E-state index in [4.69, 9.17) is 16.3 Å². The summed E-state index contributed by atoms with van der Waals surface area (Å²) in [7, 11) is 0. The Kier molecular flexibility index (Phi) is 4.52. The summed E-state index contributed by atoms with van der Waals surface area (Å²) in [5.74, 6) is 2.02. The van der Waals surface area contributed by atoms with Gasteiger partial charge in [0.05, 0.1) is 6.61 Å². The molecule has 0 radical (unpaired) electrons. The highest BCUT2D eigenvalue weighted by Crippen LogP contribution is 2.33. The van der Waals surface area contributed by atoms with Gasteiger partial charge in [0.1, 0.15) is 5.75 Å². The van der Waals surface area contributed by atoms with Gasteiger partial charge in [-0.15, -0.1) is 0 Å². The fraction of sp³-hybridized carbons (Fsp3) is 0.647. The van der Waals surface area contributed by atoms with E-state index < -0.39 is 0 Å². The average Bonchev–Trinajstić information content (AvgIpc) is 2.93. The number of nitrogens with one attached hydrogen (secondary N) is 1. The topological polar surface area (TPSA) is 21.3 Å². The molecule has 0 amide bonds. The first kappa shape index (κ1) is 14.2. The molecule has 1 aliphatic carbocycles. The summed E-state index contributed by atoms with van der Waals surface area (Å²) in [4.78, 5) is 0. The van der Waals surface area contributed by atoms with Gasteiger partial charge in [0, 0.05) is 29.6 Å². The summed E-state index contributed by atoms with van der Waals surface area (Å²) in [6.45, 7) is 3.99. The van der Waals surface area contributed by atoms with Gasteiger partial charge in [0.25, 0.3) is 0 Å². The fourth-order valence-electron chi connectivity index (χ4n) is 3.51. The first-order chi connectivity index (χ1) is 9.76. The first-order valence-corrected chi connectivity index (χ1v) is 8.31. The van der Waals surface area contributed by atoms with Crippen LogP contribution in [0.25, 0.3) is 0 Å². The van der Waals surface area contributed by atoms with Crippen molar-refractivity contribution in [1.82, 2.24) is 5.32 Å². The molecule has 1 aromatic carbocycles. The van der Waals surface area contributed by atoms with Crippen LogP contribution in [0.2, 0.25) is 5.02 Å². The van der Waals surface area contributed by atoms with Crippen LogP contribution in [0.4, 0.5) is 0 Å². The van der Waals surface area contributed by atoms with Crippen LogP contribution in [0.1, 0.15) is 50.2 Å². The van der Waals surface area contributed by atoms with E-state index >= 15 is 0 Å². The van der Waals surface area contributed by atoms with Crippen molar-refractivity contribution in [1.29, 1.82) is 0 Å². The zero-order valence-electron chi connectivity index (χ0n) is 12.3. The van der Waals surface area contributed by atoms with Crippen molar-refractivity contribution < 1.29 is 4.74 Å². The van der Waals surface area contributed by atoms with E-state index in [1.54, 1.807) is 0 Å². The van der Waals surface area contributed by atoms with Gasteiger partial charge in [-0.1, -0.05) is 24.9 Å². The number of fused-ring (bicyclic) bond motifs is 1. The normalized spacial score (nSPS) is 25.3. The van der Waals surface area contributed by atoms with Crippen LogP contribution in [0.15, 0.2) is 12.1 Å². The minimum absolute atomic E-state index is 0.661. The average molecular weight is 294 g/mol. The predicted molar refractivity (Wildman–Crippen MR) is 83.5 cm³/mol. The molecule has 0 atom stereocenters. The molecule has 3 heteroatoms. The van der Waals surface area contributed by atoms with E-state index in [-0.39, 0.29) is 0 Å². The van der Waals surface area contributed by atoms with Crippen molar-refractivity contribution in [2.45, 2.75) is 58.0 Å². The van der Waals surface area contributed by atoms with E-state index in [0.29, 0.717) is 6.04 Å². The van der Waals surface area contributed by atoms with E-state index in [0.717, 1.165) is 36.3 Å². The summed E-state index contributed by atoms with van der Waals surface area (Å²) in [5.41, 5.74) is 2.49. The second-order valence-corrected chi connectivity index (χ2v) is 6.59. The molecule has 110 valence electrons. The molecule has 2 aliphatic rings. The Morgan fingerprint density at radius 1 is 1.25 bits per heavy atom. The van der Waals surface area contributed by atoms with Gasteiger partial charge < -0.3 is 10.1 Å². The molecule has 20 heavy (non-hydrogen) atoms. The van der Waals surface area contributed by atoms with Crippen LogP contribution in [0, 0.1) is 5.92 Å². The van der Waals surface area contributed by atoms with Crippen LogP contribution in [0.5, 0.6) is 5.75 Å². The van der Waals surface area contributed by atoms with Crippen LogP contribution in [-0.4, -0.2) is 12.6 Å². The second-order valence-electron chi connectivity index (χ2n) is 6.16. The summed E-state index contributed by atoms with van der Waals surface area (Å²) in [6.07, 6.45) is 7.69. The van der Waals surface area contributed by atoms with Gasteiger partial charge in [-0.2, -0.15) is 0 Å². The van der Waals surface area contributed by atoms with Crippen molar-refractivity contribution in [2.75, 3.05) is 6.61 Å². The van der Waals surface area contributed by atoms with Gasteiger partial charge >= 0.3 is 0 Å². The fourth-order valence-corrected chi connectivity index (χ4v) is 3.77. The van der Waals surface area contributed by atoms with Crippen LogP contribution >= 0.6 is 11.6 Å². The minimum Gasteiger partial charge on any atom is -0.493 e. The lowest BCUT2D eigenvalue weighted by molar-refractivity contribution is 0.283. The summed E-state index contributed by atoms with van der Waals surface area (Å²) in [6, 6.07) is 4.75. The number of hydrogen-bond acceptors (Lipinski definition) is 2. The molecule has 0 bridgehead atoms. The van der Waals surface area contributed by atoms with Gasteiger partial charge in [0.2, 0.25) is 0 Å². The van der Waals surface area contributed by atoms with E-state index in [2.05, 4.69) is 18.3 Å². The second kappa shape index (κ2) is 6.36. The molecule has 0 aromatic heterocycles. The summed E-state index contributed by atoms with van der Waals surface area (Å²) in [5, 5.41) is 4.53. The maximum absolute atomic E-state index is 6.20. The highest BCUT2D eigenvalue weighted by atomic mass is 35.5. The molecule has 0 unspecified atom stereocenters. The summed E-state index contributed by atoms with van der Waals surface area (Å²) < 4.78 is 5.76. The smallest absolute Gasteiger partial charge is 0.127 e. The molecule has 1 saturated carbocycles. The predicted octanol–water partition coefficient (Wildman–Crippen LogP) is 4.33. The van der Waals surface area contributed by atoms with Gasteiger partial charge in [-0.3, -0.25) is 0 Å². The lowest BCUT2D eigenvalue weighted by atomic mass is 9.84. The van der Waals surface area contributed by atoms with Crippen LogP contribution < -0.4 is 10.1 Å². The maximum Gasteiger partial charge on any atom is 0.127 e. The number of ether oxygens (including phenoxy) is 1. The zero-order chi connectivity index (χ0) is 13.9. The molecule has 0 spiro atoms. The van der Waals surface area contributed by atoms with E-state index in [1.165, 1.54) is 43.2 Å². The maximum atomic E-state index is 6.20. The molecule has 1 aromatic rings. The molecule has 0 saturated heterocycles. The first-order valence-electron chi connectivity index (χ1n) is 7.93.